The van der Waals surface area contributed by atoms with Gasteiger partial charge >= 0.3 is 0 Å². The lowest BCUT2D eigenvalue weighted by Crippen LogP contribution is -2.00. The van der Waals surface area contributed by atoms with Gasteiger partial charge in [0.2, 0.25) is 0 Å². The molecule has 0 saturated heterocycles. The van der Waals surface area contributed by atoms with Gasteiger partial charge < -0.3 is 0 Å². The molecule has 1 aromatic heterocycles. The maximum atomic E-state index is 13.2. The van der Waals surface area contributed by atoms with E-state index in [1.54, 1.807) is 12.1 Å². The van der Waals surface area contributed by atoms with Crippen molar-refractivity contribution in [1.29, 1.82) is 0 Å². The van der Waals surface area contributed by atoms with Crippen molar-refractivity contribution in [2.75, 3.05) is 0 Å². The molecule has 112 valence electrons. The average molecular weight is 294 g/mol. The average Bonchev–Trinajstić information content (AvgIpc) is 2.86. The lowest BCUT2D eigenvalue weighted by atomic mass is 10.1. The quantitative estimate of drug-likeness (QED) is 0.763. The van der Waals surface area contributed by atoms with Crippen molar-refractivity contribution in [3.63, 3.8) is 0 Å². The minimum Gasteiger partial charge on any atom is -0.233 e. The van der Waals surface area contributed by atoms with Crippen molar-refractivity contribution >= 4 is 11.6 Å². The standard InChI is InChI=1S/C19H19FN2/c1-3-5-15-7-6-14(4-2)12-19-18(15)13-21-22(19)17-10-8-16(20)9-11-17/h3,5,7-13H,4,6H2,1-2H3. The van der Waals surface area contributed by atoms with Gasteiger partial charge in [-0.2, -0.15) is 5.10 Å². The molecule has 0 aliphatic heterocycles. The molecule has 22 heavy (non-hydrogen) atoms. The number of fused-ring (bicyclic) bond motifs is 1. The zero-order chi connectivity index (χ0) is 15.5. The van der Waals surface area contributed by atoms with Crippen LogP contribution in [0.1, 0.15) is 37.9 Å². The highest BCUT2D eigenvalue weighted by molar-refractivity contribution is 5.81. The Bertz CT molecular complexity index is 761. The van der Waals surface area contributed by atoms with Crippen LogP contribution in [0, 0.1) is 5.82 Å². The molecular formula is C19H19FN2. The van der Waals surface area contributed by atoms with Crippen LogP contribution in [-0.2, 0) is 0 Å². The molecule has 1 aliphatic rings. The van der Waals surface area contributed by atoms with Crippen LogP contribution in [0.5, 0.6) is 0 Å². The van der Waals surface area contributed by atoms with E-state index in [0.717, 1.165) is 29.8 Å². The first-order chi connectivity index (χ1) is 10.7. The number of halogens is 1. The molecule has 2 aromatic rings. The summed E-state index contributed by atoms with van der Waals surface area (Å²) in [5, 5.41) is 4.52. The molecule has 0 saturated carbocycles. The van der Waals surface area contributed by atoms with E-state index < -0.39 is 0 Å². The second kappa shape index (κ2) is 6.14. The first kappa shape index (κ1) is 14.5. The summed E-state index contributed by atoms with van der Waals surface area (Å²) >= 11 is 0. The van der Waals surface area contributed by atoms with Crippen molar-refractivity contribution in [1.82, 2.24) is 9.78 Å². The van der Waals surface area contributed by atoms with E-state index in [9.17, 15) is 4.39 Å². The van der Waals surface area contributed by atoms with Crippen molar-refractivity contribution in [3.8, 4) is 5.69 Å². The zero-order valence-corrected chi connectivity index (χ0v) is 12.9. The van der Waals surface area contributed by atoms with Crippen LogP contribution in [0.3, 0.4) is 0 Å². The molecule has 2 nitrogen and oxygen atoms in total. The Morgan fingerprint density at radius 3 is 2.73 bits per heavy atom. The van der Waals surface area contributed by atoms with Crippen LogP contribution in [0.25, 0.3) is 17.3 Å². The lowest BCUT2D eigenvalue weighted by Gasteiger charge is -2.07. The predicted molar refractivity (Wildman–Crippen MR) is 89.2 cm³/mol. The van der Waals surface area contributed by atoms with Crippen molar-refractivity contribution in [2.24, 2.45) is 0 Å². The normalized spacial score (nSPS) is 14.5. The maximum absolute atomic E-state index is 13.2. The van der Waals surface area contributed by atoms with E-state index in [1.165, 1.54) is 23.3 Å². The number of hydrogen-bond acceptors (Lipinski definition) is 1. The highest BCUT2D eigenvalue weighted by Gasteiger charge is 2.16. The molecule has 0 radical (unpaired) electrons. The van der Waals surface area contributed by atoms with Gasteiger partial charge in [0.15, 0.2) is 0 Å². The zero-order valence-electron chi connectivity index (χ0n) is 12.9. The summed E-state index contributed by atoms with van der Waals surface area (Å²) in [7, 11) is 0. The highest BCUT2D eigenvalue weighted by atomic mass is 19.1. The topological polar surface area (TPSA) is 17.8 Å². The largest absolute Gasteiger partial charge is 0.233 e. The van der Waals surface area contributed by atoms with E-state index in [2.05, 4.69) is 30.3 Å². The minimum absolute atomic E-state index is 0.235. The third-order valence-electron chi connectivity index (χ3n) is 3.91. The molecule has 0 amide bonds. The van der Waals surface area contributed by atoms with Crippen LogP contribution in [0.4, 0.5) is 4.39 Å². The van der Waals surface area contributed by atoms with Gasteiger partial charge in [-0.05, 0) is 55.7 Å². The van der Waals surface area contributed by atoms with Gasteiger partial charge in [0.1, 0.15) is 5.82 Å². The number of rotatable bonds is 3. The summed E-state index contributed by atoms with van der Waals surface area (Å²) < 4.78 is 15.0. The highest BCUT2D eigenvalue weighted by Crippen LogP contribution is 2.30. The summed E-state index contributed by atoms with van der Waals surface area (Å²) in [6.07, 6.45) is 12.5. The fourth-order valence-corrected chi connectivity index (χ4v) is 2.69. The van der Waals surface area contributed by atoms with Crippen LogP contribution in [-0.4, -0.2) is 9.78 Å². The molecule has 1 aromatic carbocycles. The number of benzene rings is 1. The molecule has 1 aliphatic carbocycles. The monoisotopic (exact) mass is 294 g/mol. The number of hydrogen-bond donors (Lipinski definition) is 0. The molecule has 3 rings (SSSR count). The van der Waals surface area contributed by atoms with Gasteiger partial charge in [-0.3, -0.25) is 0 Å². The van der Waals surface area contributed by atoms with E-state index in [1.807, 2.05) is 23.9 Å². The Morgan fingerprint density at radius 2 is 2.05 bits per heavy atom. The van der Waals surface area contributed by atoms with E-state index in [0.29, 0.717) is 0 Å². The molecule has 0 N–H and O–H groups in total. The molecule has 0 atom stereocenters. The Morgan fingerprint density at radius 1 is 1.27 bits per heavy atom. The molecular weight excluding hydrogens is 275 g/mol. The second-order valence-electron chi connectivity index (χ2n) is 5.35. The van der Waals surface area contributed by atoms with Crippen LogP contribution in [0.2, 0.25) is 0 Å². The van der Waals surface area contributed by atoms with Gasteiger partial charge in [0.05, 0.1) is 17.6 Å². The molecule has 0 unspecified atom stereocenters. The Hall–Kier alpha value is -2.42. The van der Waals surface area contributed by atoms with E-state index >= 15 is 0 Å². The molecule has 3 heteroatoms. The molecule has 0 bridgehead atoms. The second-order valence-corrected chi connectivity index (χ2v) is 5.35. The van der Waals surface area contributed by atoms with Gasteiger partial charge in [0.25, 0.3) is 0 Å². The van der Waals surface area contributed by atoms with Crippen molar-refractivity contribution in [2.45, 2.75) is 26.7 Å². The molecule has 0 fully saturated rings. The fourth-order valence-electron chi connectivity index (χ4n) is 2.69. The Labute approximate surface area is 130 Å². The summed E-state index contributed by atoms with van der Waals surface area (Å²) in [5.41, 5.74) is 5.60. The Kier molecular flexibility index (Phi) is 4.05. The minimum atomic E-state index is -0.235. The first-order valence-corrected chi connectivity index (χ1v) is 7.59. The van der Waals surface area contributed by atoms with Crippen molar-refractivity contribution in [3.05, 3.63) is 71.3 Å². The third-order valence-corrected chi connectivity index (χ3v) is 3.91. The molecule has 1 heterocycles. The van der Waals surface area contributed by atoms with E-state index in [4.69, 9.17) is 0 Å². The Balaban J connectivity index is 2.16. The first-order valence-electron chi connectivity index (χ1n) is 7.59. The number of nitrogens with zero attached hydrogens (tertiary/aromatic N) is 2. The van der Waals surface area contributed by atoms with Gasteiger partial charge in [-0.15, -0.1) is 0 Å². The van der Waals surface area contributed by atoms with Gasteiger partial charge in [0, 0.05) is 5.56 Å². The summed E-state index contributed by atoms with van der Waals surface area (Å²) in [5.74, 6) is -0.235. The SMILES string of the molecule is CC=CC1=CCC(CC)=Cc2c1cnn2-c1ccc(F)cc1. The van der Waals surface area contributed by atoms with Crippen molar-refractivity contribution < 1.29 is 4.39 Å². The van der Waals surface area contributed by atoms with Crippen LogP contribution in [0.15, 0.2) is 54.3 Å². The van der Waals surface area contributed by atoms with Gasteiger partial charge in [-0.25, -0.2) is 9.07 Å². The third kappa shape index (κ3) is 2.67. The summed E-state index contributed by atoms with van der Waals surface area (Å²) in [6.45, 7) is 4.18. The van der Waals surface area contributed by atoms with Crippen LogP contribution < -0.4 is 0 Å². The maximum Gasteiger partial charge on any atom is 0.123 e. The fraction of sp³-hybridized carbons (Fsp3) is 0.211. The summed E-state index contributed by atoms with van der Waals surface area (Å²) in [4.78, 5) is 0. The molecule has 0 spiro atoms. The smallest absolute Gasteiger partial charge is 0.123 e. The number of aromatic nitrogens is 2. The predicted octanol–water partition coefficient (Wildman–Crippen LogP) is 5.17. The van der Waals surface area contributed by atoms with E-state index in [-0.39, 0.29) is 5.82 Å². The lowest BCUT2D eigenvalue weighted by molar-refractivity contribution is 0.627. The van der Waals surface area contributed by atoms with Gasteiger partial charge in [-0.1, -0.05) is 30.7 Å². The van der Waals surface area contributed by atoms with Crippen LogP contribution >= 0.6 is 0 Å². The number of allylic oxidation sites excluding steroid dienone is 5. The summed E-state index contributed by atoms with van der Waals surface area (Å²) in [6, 6.07) is 6.44.